The van der Waals surface area contributed by atoms with Gasteiger partial charge in [0.25, 0.3) is 11.7 Å². The van der Waals surface area contributed by atoms with E-state index in [9.17, 15) is 25.0 Å². The molecule has 0 saturated carbocycles. The molecule has 0 aliphatic heterocycles. The summed E-state index contributed by atoms with van der Waals surface area (Å²) in [5, 5.41) is 24.4. The summed E-state index contributed by atoms with van der Waals surface area (Å²) in [6.45, 7) is 0. The molecule has 4 rings (SSSR count). The second-order valence-electron chi connectivity index (χ2n) is 6.26. The van der Waals surface area contributed by atoms with Gasteiger partial charge in [-0.3, -0.25) is 25.0 Å². The SMILES string of the molecule is O=C(/C=C/c1ccc([N+](=O)[O-])o1)c1ccc(Nc2nc3cc([N+](=O)[O-])ccc3o2)cc1. The molecule has 0 aliphatic rings. The zero-order chi connectivity index (χ0) is 22.0. The molecule has 0 aliphatic carbocycles. The van der Waals surface area contributed by atoms with Crippen LogP contribution in [0.25, 0.3) is 17.2 Å². The van der Waals surface area contributed by atoms with Crippen LogP contribution in [0.2, 0.25) is 0 Å². The molecule has 1 N–H and O–H groups in total. The van der Waals surface area contributed by atoms with Gasteiger partial charge in [0.15, 0.2) is 11.4 Å². The van der Waals surface area contributed by atoms with E-state index in [2.05, 4.69) is 10.3 Å². The third-order valence-electron chi connectivity index (χ3n) is 4.19. The Hall–Kier alpha value is -4.80. The normalized spacial score (nSPS) is 11.1. The van der Waals surface area contributed by atoms with Gasteiger partial charge in [-0.1, -0.05) is 0 Å². The van der Waals surface area contributed by atoms with Crippen LogP contribution in [0.4, 0.5) is 23.3 Å². The number of anilines is 2. The lowest BCUT2D eigenvalue weighted by Gasteiger charge is -2.02. The lowest BCUT2D eigenvalue weighted by Crippen LogP contribution is -1.95. The van der Waals surface area contributed by atoms with Crippen LogP contribution < -0.4 is 5.32 Å². The van der Waals surface area contributed by atoms with E-state index in [0.717, 1.165) is 0 Å². The summed E-state index contributed by atoms with van der Waals surface area (Å²) in [6.07, 6.45) is 2.59. The smallest absolute Gasteiger partial charge is 0.423 e. The summed E-state index contributed by atoms with van der Waals surface area (Å²) in [5.41, 5.74) is 1.61. The molecular weight excluding hydrogens is 408 g/mol. The number of furan rings is 1. The molecule has 0 unspecified atom stereocenters. The lowest BCUT2D eigenvalue weighted by atomic mass is 10.1. The molecule has 0 saturated heterocycles. The summed E-state index contributed by atoms with van der Waals surface area (Å²) in [4.78, 5) is 36.7. The van der Waals surface area contributed by atoms with Crippen molar-refractivity contribution in [2.75, 3.05) is 5.32 Å². The average Bonchev–Trinajstić information content (AvgIpc) is 3.38. The molecule has 0 fully saturated rings. The van der Waals surface area contributed by atoms with E-state index >= 15 is 0 Å². The topological polar surface area (TPSA) is 155 Å². The number of nitro benzene ring substituents is 1. The van der Waals surface area contributed by atoms with Crippen molar-refractivity contribution >= 4 is 46.2 Å². The predicted octanol–water partition coefficient (Wildman–Crippen LogP) is 4.88. The Balaban J connectivity index is 1.44. The Morgan fingerprint density at radius 1 is 0.968 bits per heavy atom. The molecule has 154 valence electrons. The van der Waals surface area contributed by atoms with E-state index in [4.69, 9.17) is 8.83 Å². The van der Waals surface area contributed by atoms with Crippen molar-refractivity contribution in [1.29, 1.82) is 0 Å². The van der Waals surface area contributed by atoms with Crippen LogP contribution in [-0.4, -0.2) is 20.6 Å². The predicted molar refractivity (Wildman–Crippen MR) is 109 cm³/mol. The summed E-state index contributed by atoms with van der Waals surface area (Å²) in [7, 11) is 0. The second-order valence-corrected chi connectivity index (χ2v) is 6.26. The number of fused-ring (bicyclic) bond motifs is 1. The van der Waals surface area contributed by atoms with Gasteiger partial charge in [-0.2, -0.15) is 4.98 Å². The molecule has 2 aromatic carbocycles. The van der Waals surface area contributed by atoms with Gasteiger partial charge in [0.2, 0.25) is 0 Å². The lowest BCUT2D eigenvalue weighted by molar-refractivity contribution is -0.402. The molecule has 11 nitrogen and oxygen atoms in total. The van der Waals surface area contributed by atoms with Crippen LogP contribution in [0.1, 0.15) is 16.1 Å². The number of nitrogens with zero attached hydrogens (tertiary/aromatic N) is 3. The number of oxazole rings is 1. The van der Waals surface area contributed by atoms with Crippen molar-refractivity contribution in [3.8, 4) is 0 Å². The van der Waals surface area contributed by atoms with Crippen LogP contribution in [-0.2, 0) is 0 Å². The van der Waals surface area contributed by atoms with E-state index in [1.807, 2.05) is 0 Å². The fourth-order valence-electron chi connectivity index (χ4n) is 2.71. The number of nitrogens with one attached hydrogen (secondary N) is 1. The van der Waals surface area contributed by atoms with Crippen LogP contribution >= 0.6 is 0 Å². The maximum absolute atomic E-state index is 12.3. The van der Waals surface area contributed by atoms with E-state index < -0.39 is 15.7 Å². The molecule has 4 aromatic rings. The van der Waals surface area contributed by atoms with Crippen LogP contribution in [0, 0.1) is 20.2 Å². The monoisotopic (exact) mass is 420 g/mol. The molecule has 0 radical (unpaired) electrons. The highest BCUT2D eigenvalue weighted by molar-refractivity contribution is 6.06. The quantitative estimate of drug-likeness (QED) is 0.191. The first-order valence-corrected chi connectivity index (χ1v) is 8.78. The number of hydrogen-bond acceptors (Lipinski definition) is 9. The molecule has 2 heterocycles. The first kappa shape index (κ1) is 19.5. The minimum atomic E-state index is -0.664. The van der Waals surface area contributed by atoms with Gasteiger partial charge in [-0.15, -0.1) is 0 Å². The number of non-ortho nitro benzene ring substituents is 1. The molecule has 11 heteroatoms. The zero-order valence-electron chi connectivity index (χ0n) is 15.6. The third-order valence-corrected chi connectivity index (χ3v) is 4.19. The Morgan fingerprint density at radius 3 is 2.42 bits per heavy atom. The number of nitro groups is 2. The summed E-state index contributed by atoms with van der Waals surface area (Å²) in [5.74, 6) is -0.536. The van der Waals surface area contributed by atoms with Gasteiger partial charge in [0.05, 0.1) is 11.0 Å². The van der Waals surface area contributed by atoms with Crippen LogP contribution in [0.3, 0.4) is 0 Å². The highest BCUT2D eigenvalue weighted by Gasteiger charge is 2.13. The first-order chi connectivity index (χ1) is 14.9. The zero-order valence-corrected chi connectivity index (χ0v) is 15.6. The third kappa shape index (κ3) is 4.29. The standard InChI is InChI=1S/C20H12N4O7/c25-17(8-6-15-7-10-19(30-15)24(28)29)12-1-3-13(4-2-12)21-20-22-16-11-14(23(26)27)5-9-18(16)31-20/h1-11H,(H,21,22)/b8-6+. The fourth-order valence-corrected chi connectivity index (χ4v) is 2.71. The van der Waals surface area contributed by atoms with Crippen molar-refractivity contribution in [2.45, 2.75) is 0 Å². The molecule has 31 heavy (non-hydrogen) atoms. The number of aromatic nitrogens is 1. The Labute approximate surface area is 172 Å². The molecule has 0 bridgehead atoms. The summed E-state index contributed by atoms with van der Waals surface area (Å²) < 4.78 is 10.5. The maximum atomic E-state index is 12.3. The Bertz CT molecular complexity index is 1340. The Kier molecular flexibility index (Phi) is 4.98. The number of benzene rings is 2. The van der Waals surface area contributed by atoms with Crippen molar-refractivity contribution in [3.05, 3.63) is 92.2 Å². The second kappa shape index (κ2) is 7.91. The maximum Gasteiger partial charge on any atom is 0.433 e. The van der Waals surface area contributed by atoms with Crippen molar-refractivity contribution in [1.82, 2.24) is 4.98 Å². The summed E-state index contributed by atoms with van der Waals surface area (Å²) >= 11 is 0. The molecule has 0 atom stereocenters. The van der Waals surface area contributed by atoms with Gasteiger partial charge in [0.1, 0.15) is 16.2 Å². The Morgan fingerprint density at radius 2 is 1.74 bits per heavy atom. The number of carbonyl (C=O) groups excluding carboxylic acids is 1. The van der Waals surface area contributed by atoms with E-state index in [0.29, 0.717) is 22.4 Å². The molecular formula is C20H12N4O7. The average molecular weight is 420 g/mol. The minimum absolute atomic E-state index is 0.0903. The van der Waals surface area contributed by atoms with E-state index in [1.54, 1.807) is 24.3 Å². The van der Waals surface area contributed by atoms with Gasteiger partial charge < -0.3 is 14.2 Å². The van der Waals surface area contributed by atoms with Gasteiger partial charge in [-0.05, 0) is 48.6 Å². The van der Waals surface area contributed by atoms with Crippen molar-refractivity contribution in [3.63, 3.8) is 0 Å². The van der Waals surface area contributed by atoms with Crippen molar-refractivity contribution in [2.24, 2.45) is 0 Å². The van der Waals surface area contributed by atoms with Crippen molar-refractivity contribution < 1.29 is 23.5 Å². The minimum Gasteiger partial charge on any atom is -0.423 e. The van der Waals surface area contributed by atoms with E-state index in [1.165, 1.54) is 42.5 Å². The van der Waals surface area contributed by atoms with Gasteiger partial charge in [-0.25, -0.2) is 0 Å². The number of rotatable bonds is 7. The largest absolute Gasteiger partial charge is 0.433 e. The molecule has 2 aromatic heterocycles. The number of ketones is 1. The number of allylic oxidation sites excluding steroid dienone is 1. The van der Waals surface area contributed by atoms with Gasteiger partial charge in [0, 0.05) is 23.4 Å². The van der Waals surface area contributed by atoms with Crippen LogP contribution in [0.15, 0.2) is 69.5 Å². The number of carbonyl (C=O) groups is 1. The molecule has 0 amide bonds. The highest BCUT2D eigenvalue weighted by Crippen LogP contribution is 2.25. The fraction of sp³-hybridized carbons (Fsp3) is 0. The molecule has 0 spiro atoms. The highest BCUT2D eigenvalue weighted by atomic mass is 16.6. The van der Waals surface area contributed by atoms with Crippen LogP contribution in [0.5, 0.6) is 0 Å². The summed E-state index contributed by atoms with van der Waals surface area (Å²) in [6, 6.07) is 13.3. The number of hydrogen-bond donors (Lipinski definition) is 1. The first-order valence-electron chi connectivity index (χ1n) is 8.78. The van der Waals surface area contributed by atoms with E-state index in [-0.39, 0.29) is 23.2 Å². The van der Waals surface area contributed by atoms with Gasteiger partial charge >= 0.3 is 5.88 Å².